The second-order valence-corrected chi connectivity index (χ2v) is 4.35. The molecule has 0 aliphatic rings. The number of nitrogens with zero attached hydrogens (tertiary/aromatic N) is 1. The standard InChI is InChI=1S/C14H14FN/c1-14(2,11-6-4-3-5-7-11)12-8-9-16-10-13(12)15/h3-10H,1-2H3. The quantitative estimate of drug-likeness (QED) is 0.746. The van der Waals surface area contributed by atoms with Crippen LogP contribution in [0.5, 0.6) is 0 Å². The van der Waals surface area contributed by atoms with Crippen molar-refractivity contribution < 1.29 is 4.39 Å². The van der Waals surface area contributed by atoms with E-state index in [1.54, 1.807) is 12.3 Å². The maximum absolute atomic E-state index is 13.7. The third-order valence-electron chi connectivity index (χ3n) is 2.94. The van der Waals surface area contributed by atoms with Crippen LogP contribution in [0.1, 0.15) is 25.0 Å². The van der Waals surface area contributed by atoms with Gasteiger partial charge in [-0.1, -0.05) is 44.2 Å². The molecule has 0 amide bonds. The van der Waals surface area contributed by atoms with Gasteiger partial charge in [-0.3, -0.25) is 4.98 Å². The van der Waals surface area contributed by atoms with Gasteiger partial charge >= 0.3 is 0 Å². The Kier molecular flexibility index (Phi) is 2.73. The van der Waals surface area contributed by atoms with Crippen LogP contribution >= 0.6 is 0 Å². The van der Waals surface area contributed by atoms with Crippen LogP contribution in [-0.4, -0.2) is 4.98 Å². The Morgan fingerprint density at radius 2 is 1.75 bits per heavy atom. The molecule has 0 radical (unpaired) electrons. The fraction of sp³-hybridized carbons (Fsp3) is 0.214. The van der Waals surface area contributed by atoms with Gasteiger partial charge in [0.1, 0.15) is 5.82 Å². The second-order valence-electron chi connectivity index (χ2n) is 4.35. The summed E-state index contributed by atoms with van der Waals surface area (Å²) in [4.78, 5) is 3.78. The van der Waals surface area contributed by atoms with Crippen LogP contribution in [0.15, 0.2) is 48.8 Å². The van der Waals surface area contributed by atoms with Crippen molar-refractivity contribution in [2.24, 2.45) is 0 Å². The smallest absolute Gasteiger partial charge is 0.145 e. The van der Waals surface area contributed by atoms with Gasteiger partial charge in [-0.05, 0) is 11.6 Å². The molecule has 1 aromatic heterocycles. The van der Waals surface area contributed by atoms with Crippen molar-refractivity contribution in [1.29, 1.82) is 0 Å². The molecule has 16 heavy (non-hydrogen) atoms. The number of halogens is 1. The molecule has 0 N–H and O–H groups in total. The first-order valence-electron chi connectivity index (χ1n) is 5.28. The third-order valence-corrected chi connectivity index (χ3v) is 2.94. The van der Waals surface area contributed by atoms with Gasteiger partial charge in [0.25, 0.3) is 0 Å². The molecule has 2 heteroatoms. The number of benzene rings is 1. The fourth-order valence-corrected chi connectivity index (χ4v) is 1.89. The lowest BCUT2D eigenvalue weighted by Gasteiger charge is -2.26. The van der Waals surface area contributed by atoms with Crippen LogP contribution in [0, 0.1) is 5.82 Å². The number of pyridine rings is 1. The maximum atomic E-state index is 13.7. The Morgan fingerprint density at radius 1 is 1.06 bits per heavy atom. The lowest BCUT2D eigenvalue weighted by molar-refractivity contribution is 0.543. The molecule has 0 saturated heterocycles. The Labute approximate surface area is 95.0 Å². The minimum absolute atomic E-state index is 0.253. The fourth-order valence-electron chi connectivity index (χ4n) is 1.89. The van der Waals surface area contributed by atoms with Crippen LogP contribution < -0.4 is 0 Å². The van der Waals surface area contributed by atoms with Crippen LogP contribution in [0.4, 0.5) is 4.39 Å². The summed E-state index contributed by atoms with van der Waals surface area (Å²) in [7, 11) is 0. The normalized spacial score (nSPS) is 11.4. The molecule has 1 nitrogen and oxygen atoms in total. The van der Waals surface area contributed by atoms with E-state index in [9.17, 15) is 4.39 Å². The van der Waals surface area contributed by atoms with E-state index in [0.29, 0.717) is 5.56 Å². The van der Waals surface area contributed by atoms with Crippen molar-refractivity contribution in [3.8, 4) is 0 Å². The number of aromatic nitrogens is 1. The molecule has 2 aromatic rings. The van der Waals surface area contributed by atoms with Gasteiger partial charge in [0.05, 0.1) is 6.20 Å². The average Bonchev–Trinajstić information content (AvgIpc) is 2.30. The molecule has 1 aromatic carbocycles. The van der Waals surface area contributed by atoms with Crippen molar-refractivity contribution in [2.75, 3.05) is 0 Å². The van der Waals surface area contributed by atoms with Gasteiger partial charge < -0.3 is 0 Å². The second kappa shape index (κ2) is 4.05. The van der Waals surface area contributed by atoms with Crippen molar-refractivity contribution in [3.63, 3.8) is 0 Å². The van der Waals surface area contributed by atoms with Gasteiger partial charge in [0.2, 0.25) is 0 Å². The molecular weight excluding hydrogens is 201 g/mol. The SMILES string of the molecule is CC(C)(c1ccccc1)c1ccncc1F. The van der Waals surface area contributed by atoms with Gasteiger partial charge in [-0.25, -0.2) is 4.39 Å². The van der Waals surface area contributed by atoms with Crippen LogP contribution in [0.2, 0.25) is 0 Å². The molecule has 0 unspecified atom stereocenters. The minimum Gasteiger partial charge on any atom is -0.262 e. The molecule has 0 fully saturated rings. The highest BCUT2D eigenvalue weighted by atomic mass is 19.1. The predicted molar refractivity (Wildman–Crippen MR) is 62.8 cm³/mol. The lowest BCUT2D eigenvalue weighted by atomic mass is 9.78. The first-order chi connectivity index (χ1) is 7.62. The average molecular weight is 215 g/mol. The first kappa shape index (κ1) is 10.8. The van der Waals surface area contributed by atoms with Crippen LogP contribution in [0.3, 0.4) is 0 Å². The van der Waals surface area contributed by atoms with Crippen molar-refractivity contribution in [1.82, 2.24) is 4.98 Å². The topological polar surface area (TPSA) is 12.9 Å². The van der Waals surface area contributed by atoms with E-state index in [1.165, 1.54) is 6.20 Å². The molecule has 82 valence electrons. The van der Waals surface area contributed by atoms with Crippen molar-refractivity contribution >= 4 is 0 Å². The highest BCUT2D eigenvalue weighted by Gasteiger charge is 2.25. The Balaban J connectivity index is 2.51. The molecule has 2 rings (SSSR count). The summed E-state index contributed by atoms with van der Waals surface area (Å²) in [6.45, 7) is 4.03. The molecule has 0 aliphatic heterocycles. The van der Waals surface area contributed by atoms with E-state index >= 15 is 0 Å². The molecule has 0 spiro atoms. The van der Waals surface area contributed by atoms with Gasteiger partial charge in [-0.15, -0.1) is 0 Å². The van der Waals surface area contributed by atoms with E-state index in [-0.39, 0.29) is 11.2 Å². The zero-order valence-corrected chi connectivity index (χ0v) is 9.44. The predicted octanol–water partition coefficient (Wildman–Crippen LogP) is 3.55. The Bertz CT molecular complexity index is 477. The molecule has 1 heterocycles. The first-order valence-corrected chi connectivity index (χ1v) is 5.28. The molecular formula is C14H14FN. The summed E-state index contributed by atoms with van der Waals surface area (Å²) < 4.78 is 13.7. The maximum Gasteiger partial charge on any atom is 0.145 e. The zero-order chi connectivity index (χ0) is 11.6. The van der Waals surface area contributed by atoms with Crippen LogP contribution in [0.25, 0.3) is 0 Å². The number of hydrogen-bond donors (Lipinski definition) is 0. The van der Waals surface area contributed by atoms with Crippen LogP contribution in [-0.2, 0) is 5.41 Å². The highest BCUT2D eigenvalue weighted by Crippen LogP contribution is 2.32. The number of rotatable bonds is 2. The lowest BCUT2D eigenvalue weighted by Crippen LogP contribution is -2.20. The number of hydrogen-bond acceptors (Lipinski definition) is 1. The summed E-state index contributed by atoms with van der Waals surface area (Å²) in [6.07, 6.45) is 2.89. The monoisotopic (exact) mass is 215 g/mol. The van der Waals surface area contributed by atoms with E-state index in [0.717, 1.165) is 5.56 Å². The van der Waals surface area contributed by atoms with Crippen molar-refractivity contribution in [3.05, 3.63) is 65.7 Å². The molecule has 0 bridgehead atoms. The summed E-state index contributed by atoms with van der Waals surface area (Å²) in [5.74, 6) is -0.253. The molecule has 0 aliphatic carbocycles. The van der Waals surface area contributed by atoms with E-state index in [4.69, 9.17) is 0 Å². The summed E-state index contributed by atoms with van der Waals surface area (Å²) in [5.41, 5.74) is 1.43. The molecule has 0 atom stereocenters. The summed E-state index contributed by atoms with van der Waals surface area (Å²) in [5, 5.41) is 0. The van der Waals surface area contributed by atoms with Gasteiger partial charge in [0.15, 0.2) is 0 Å². The van der Waals surface area contributed by atoms with Crippen molar-refractivity contribution in [2.45, 2.75) is 19.3 Å². The Hall–Kier alpha value is -1.70. The van der Waals surface area contributed by atoms with Gasteiger partial charge in [0, 0.05) is 17.2 Å². The largest absolute Gasteiger partial charge is 0.262 e. The Morgan fingerprint density at radius 3 is 2.38 bits per heavy atom. The molecule has 0 saturated carbocycles. The highest BCUT2D eigenvalue weighted by molar-refractivity contribution is 5.36. The zero-order valence-electron chi connectivity index (χ0n) is 9.44. The van der Waals surface area contributed by atoms with E-state index < -0.39 is 0 Å². The van der Waals surface area contributed by atoms with Gasteiger partial charge in [-0.2, -0.15) is 0 Å². The minimum atomic E-state index is -0.339. The van der Waals surface area contributed by atoms with E-state index in [1.807, 2.05) is 44.2 Å². The van der Waals surface area contributed by atoms with E-state index in [2.05, 4.69) is 4.98 Å². The summed E-state index contributed by atoms with van der Waals surface area (Å²) in [6, 6.07) is 11.7. The third kappa shape index (κ3) is 1.83. The summed E-state index contributed by atoms with van der Waals surface area (Å²) >= 11 is 0.